The van der Waals surface area contributed by atoms with Crippen molar-refractivity contribution in [2.75, 3.05) is 0 Å². The van der Waals surface area contributed by atoms with Gasteiger partial charge in [-0.15, -0.1) is 0 Å². The van der Waals surface area contributed by atoms with Crippen LogP contribution in [0.2, 0.25) is 0 Å². The lowest BCUT2D eigenvalue weighted by Crippen LogP contribution is -2.04. The normalized spacial score (nSPS) is 13.0. The van der Waals surface area contributed by atoms with Gasteiger partial charge in [0.1, 0.15) is 0 Å². The molecule has 0 N–H and O–H groups in total. The van der Waals surface area contributed by atoms with E-state index in [4.69, 9.17) is 9.98 Å². The SMILES string of the molecule is C1=CN=C(c2ccc(-c3ccccn3)c3cc4cc(-n5c(-c6ccccc6)ccc5-c5ccccc5)ccc4cc23)CC1. The predicted molar refractivity (Wildman–Crippen MR) is 180 cm³/mol. The molecule has 3 nitrogen and oxygen atoms in total. The van der Waals surface area contributed by atoms with Crippen molar-refractivity contribution in [3.05, 3.63) is 157 Å². The molecule has 1 aliphatic heterocycles. The standard InChI is InChI=1S/C40H29N3/c1-3-11-28(12-4-1)39-21-22-40(29-13-5-2-6-14-29)43(39)32-18-17-30-26-35-33(37-15-7-9-23-41-37)19-20-34(36(35)27-31(30)25-32)38-16-8-10-24-42-38/h1-6,8-14,16-27H,7,15H2. The molecule has 204 valence electrons. The number of hydrogen-bond donors (Lipinski definition) is 0. The Balaban J connectivity index is 1.37. The van der Waals surface area contributed by atoms with Gasteiger partial charge in [0.15, 0.2) is 0 Å². The highest BCUT2D eigenvalue weighted by atomic mass is 15.0. The second-order valence-corrected chi connectivity index (χ2v) is 11.0. The topological polar surface area (TPSA) is 30.2 Å². The fourth-order valence-corrected chi connectivity index (χ4v) is 6.30. The number of benzene rings is 5. The number of aromatic nitrogens is 2. The molecule has 3 heterocycles. The summed E-state index contributed by atoms with van der Waals surface area (Å²) >= 11 is 0. The smallest absolute Gasteiger partial charge is 0.0708 e. The Bertz CT molecular complexity index is 2100. The molecule has 0 unspecified atom stereocenters. The molecule has 3 heteroatoms. The molecule has 0 spiro atoms. The van der Waals surface area contributed by atoms with E-state index in [-0.39, 0.29) is 0 Å². The Morgan fingerprint density at radius 2 is 1.23 bits per heavy atom. The molecule has 0 fully saturated rings. The van der Waals surface area contributed by atoms with Crippen molar-refractivity contribution >= 4 is 27.3 Å². The van der Waals surface area contributed by atoms with E-state index in [2.05, 4.69) is 138 Å². The lowest BCUT2D eigenvalue weighted by molar-refractivity contribution is 1.06. The van der Waals surface area contributed by atoms with Crippen molar-refractivity contribution in [2.45, 2.75) is 12.8 Å². The van der Waals surface area contributed by atoms with Crippen LogP contribution < -0.4 is 0 Å². The molecule has 43 heavy (non-hydrogen) atoms. The van der Waals surface area contributed by atoms with Gasteiger partial charge in [-0.25, -0.2) is 0 Å². The van der Waals surface area contributed by atoms with E-state index in [9.17, 15) is 0 Å². The van der Waals surface area contributed by atoms with Crippen LogP contribution in [0.15, 0.2) is 157 Å². The zero-order valence-corrected chi connectivity index (χ0v) is 23.7. The van der Waals surface area contributed by atoms with Crippen LogP contribution in [0, 0.1) is 0 Å². The van der Waals surface area contributed by atoms with Crippen molar-refractivity contribution in [3.8, 4) is 39.5 Å². The maximum absolute atomic E-state index is 4.77. The van der Waals surface area contributed by atoms with Gasteiger partial charge in [0.25, 0.3) is 0 Å². The van der Waals surface area contributed by atoms with Crippen molar-refractivity contribution in [2.24, 2.45) is 4.99 Å². The van der Waals surface area contributed by atoms with Crippen LogP contribution >= 0.6 is 0 Å². The number of allylic oxidation sites excluding steroid dienone is 1. The van der Waals surface area contributed by atoms with Crippen LogP contribution in [0.1, 0.15) is 18.4 Å². The molecule has 0 radical (unpaired) electrons. The van der Waals surface area contributed by atoms with E-state index >= 15 is 0 Å². The highest BCUT2D eigenvalue weighted by Crippen LogP contribution is 2.37. The van der Waals surface area contributed by atoms with Gasteiger partial charge in [-0.3, -0.25) is 9.98 Å². The number of pyridine rings is 1. The summed E-state index contributed by atoms with van der Waals surface area (Å²) in [5.41, 5.74) is 10.3. The first-order valence-corrected chi connectivity index (χ1v) is 14.8. The number of rotatable bonds is 5. The third kappa shape index (κ3) is 4.56. The predicted octanol–water partition coefficient (Wildman–Crippen LogP) is 10.3. The molecule has 0 saturated heterocycles. The third-order valence-corrected chi connectivity index (χ3v) is 8.37. The van der Waals surface area contributed by atoms with Crippen molar-refractivity contribution in [1.82, 2.24) is 9.55 Å². The second kappa shape index (κ2) is 10.7. The highest BCUT2D eigenvalue weighted by Gasteiger charge is 2.17. The minimum Gasteiger partial charge on any atom is -0.309 e. The summed E-state index contributed by atoms with van der Waals surface area (Å²) in [6.07, 6.45) is 7.91. The molecular formula is C40H29N3. The van der Waals surface area contributed by atoms with Gasteiger partial charge in [-0.1, -0.05) is 91.0 Å². The van der Waals surface area contributed by atoms with E-state index in [1.807, 2.05) is 18.5 Å². The van der Waals surface area contributed by atoms with Crippen molar-refractivity contribution < 1.29 is 0 Å². The molecule has 0 aliphatic carbocycles. The van der Waals surface area contributed by atoms with E-state index < -0.39 is 0 Å². The first-order valence-electron chi connectivity index (χ1n) is 14.8. The molecule has 1 aliphatic rings. The van der Waals surface area contributed by atoms with E-state index in [1.54, 1.807) is 0 Å². The summed E-state index contributed by atoms with van der Waals surface area (Å²) in [4.78, 5) is 9.50. The van der Waals surface area contributed by atoms with E-state index in [0.717, 1.165) is 35.5 Å². The summed E-state index contributed by atoms with van der Waals surface area (Å²) in [7, 11) is 0. The molecule has 5 aromatic carbocycles. The van der Waals surface area contributed by atoms with Crippen LogP contribution in [-0.4, -0.2) is 15.3 Å². The second-order valence-electron chi connectivity index (χ2n) is 11.0. The number of hydrogen-bond acceptors (Lipinski definition) is 2. The Kier molecular flexibility index (Phi) is 6.27. The lowest BCUT2D eigenvalue weighted by atomic mass is 9.91. The van der Waals surface area contributed by atoms with E-state index in [1.165, 1.54) is 49.6 Å². The van der Waals surface area contributed by atoms with Gasteiger partial charge in [-0.05, 0) is 94.0 Å². The minimum atomic E-state index is 0.948. The molecule has 8 rings (SSSR count). The van der Waals surface area contributed by atoms with Gasteiger partial charge < -0.3 is 4.57 Å². The maximum atomic E-state index is 4.77. The fraction of sp³-hybridized carbons (Fsp3) is 0.0500. The molecule has 0 bridgehead atoms. The average Bonchev–Trinajstić information content (AvgIpc) is 3.54. The van der Waals surface area contributed by atoms with Crippen LogP contribution in [0.3, 0.4) is 0 Å². The van der Waals surface area contributed by atoms with Gasteiger partial charge in [-0.2, -0.15) is 0 Å². The van der Waals surface area contributed by atoms with Gasteiger partial charge in [0.05, 0.1) is 17.1 Å². The van der Waals surface area contributed by atoms with E-state index in [0.29, 0.717) is 0 Å². The summed E-state index contributed by atoms with van der Waals surface area (Å²) in [6.45, 7) is 0. The highest BCUT2D eigenvalue weighted by molar-refractivity contribution is 6.17. The molecule has 0 atom stereocenters. The molecule has 0 saturated carbocycles. The summed E-state index contributed by atoms with van der Waals surface area (Å²) < 4.78 is 2.38. The summed E-state index contributed by atoms with van der Waals surface area (Å²) in [6, 6.07) is 47.8. The number of nitrogens with zero attached hydrogens (tertiary/aromatic N) is 3. The zero-order valence-electron chi connectivity index (χ0n) is 23.7. The Labute approximate surface area is 251 Å². The zero-order chi connectivity index (χ0) is 28.6. The quantitative estimate of drug-likeness (QED) is 0.196. The van der Waals surface area contributed by atoms with Crippen LogP contribution in [0.25, 0.3) is 61.0 Å². The van der Waals surface area contributed by atoms with Gasteiger partial charge in [0, 0.05) is 34.9 Å². The van der Waals surface area contributed by atoms with Crippen LogP contribution in [0.5, 0.6) is 0 Å². The van der Waals surface area contributed by atoms with Crippen LogP contribution in [0.4, 0.5) is 0 Å². The largest absolute Gasteiger partial charge is 0.309 e. The van der Waals surface area contributed by atoms with Gasteiger partial charge >= 0.3 is 0 Å². The Morgan fingerprint density at radius 1 is 0.558 bits per heavy atom. The lowest BCUT2D eigenvalue weighted by Gasteiger charge is -2.17. The number of fused-ring (bicyclic) bond motifs is 2. The number of aliphatic imine (C=N–C) groups is 1. The van der Waals surface area contributed by atoms with Crippen LogP contribution in [-0.2, 0) is 0 Å². The fourth-order valence-electron chi connectivity index (χ4n) is 6.30. The molecule has 0 amide bonds. The minimum absolute atomic E-state index is 0.948. The molecular weight excluding hydrogens is 522 g/mol. The van der Waals surface area contributed by atoms with Crippen molar-refractivity contribution in [3.63, 3.8) is 0 Å². The summed E-state index contributed by atoms with van der Waals surface area (Å²) in [5, 5.41) is 4.80. The Hall–Kier alpha value is -5.54. The first-order chi connectivity index (χ1) is 21.3. The molecule has 7 aromatic rings. The maximum Gasteiger partial charge on any atom is 0.0708 e. The third-order valence-electron chi connectivity index (χ3n) is 8.37. The monoisotopic (exact) mass is 551 g/mol. The summed E-state index contributed by atoms with van der Waals surface area (Å²) in [5.74, 6) is 0. The average molecular weight is 552 g/mol. The van der Waals surface area contributed by atoms with Crippen molar-refractivity contribution in [1.29, 1.82) is 0 Å². The Morgan fingerprint density at radius 3 is 1.91 bits per heavy atom. The molecule has 2 aromatic heterocycles. The van der Waals surface area contributed by atoms with Gasteiger partial charge in [0.2, 0.25) is 0 Å². The first kappa shape index (κ1) is 25.2.